The molecule has 0 N–H and O–H groups in total. The van der Waals surface area contributed by atoms with E-state index >= 15 is 0 Å². The van der Waals surface area contributed by atoms with Gasteiger partial charge in [0, 0.05) is 33.9 Å². The molecule has 8 aromatic rings. The van der Waals surface area contributed by atoms with Gasteiger partial charge in [0.25, 0.3) is 0 Å². The summed E-state index contributed by atoms with van der Waals surface area (Å²) in [5, 5.41) is 2.26. The molecular weight excluding hydrogens is 795 g/mol. The Kier molecular flexibility index (Phi) is 8.80. The molecule has 4 aliphatic carbocycles. The summed E-state index contributed by atoms with van der Waals surface area (Å²) in [6.45, 7) is 0. The smallest absolute Gasteiger partial charge is 0.172 e. The molecule has 1 aromatic heterocycles. The Labute approximate surface area is 379 Å². The zero-order valence-corrected chi connectivity index (χ0v) is 35.9. The number of allylic oxidation sites excluding steroid dienone is 12. The monoisotopic (exact) mass is 839 g/mol. The van der Waals surface area contributed by atoms with Crippen molar-refractivity contribution in [2.75, 3.05) is 4.90 Å². The van der Waals surface area contributed by atoms with E-state index in [9.17, 15) is 0 Å². The second-order valence-corrected chi connectivity index (χ2v) is 17.8. The number of nitrogens with zero attached hydrogens (tertiary/aromatic N) is 1. The fourth-order valence-corrected chi connectivity index (χ4v) is 11.2. The molecule has 0 saturated heterocycles. The summed E-state index contributed by atoms with van der Waals surface area (Å²) < 4.78 is 20.0. The molecule has 2 heterocycles. The highest BCUT2D eigenvalue weighted by atomic mass is 16.6. The molecule has 0 radical (unpaired) electrons. The number of anilines is 2. The molecule has 0 fully saturated rings. The number of benzene rings is 7. The summed E-state index contributed by atoms with van der Waals surface area (Å²) in [5.41, 5.74) is 16.2. The minimum atomic E-state index is -0.389. The summed E-state index contributed by atoms with van der Waals surface area (Å²) >= 11 is 0. The second kappa shape index (κ2) is 15.2. The molecule has 2 unspecified atom stereocenters. The van der Waals surface area contributed by atoms with Gasteiger partial charge in [0.05, 0.1) is 5.41 Å². The second-order valence-electron chi connectivity index (χ2n) is 17.8. The average Bonchev–Trinajstić information content (AvgIpc) is 3.89. The van der Waals surface area contributed by atoms with E-state index in [2.05, 4.69) is 199 Å². The summed E-state index contributed by atoms with van der Waals surface area (Å²) in [7, 11) is 0. The zero-order chi connectivity index (χ0) is 42.9. The summed E-state index contributed by atoms with van der Waals surface area (Å²) in [4.78, 5) is 2.39. The lowest BCUT2D eigenvalue weighted by atomic mass is 9.62. The number of para-hydroxylation sites is 1. The number of hydrogen-bond donors (Lipinski definition) is 0. The van der Waals surface area contributed by atoms with Crippen molar-refractivity contribution in [3.05, 3.63) is 240 Å². The van der Waals surface area contributed by atoms with Crippen molar-refractivity contribution >= 4 is 33.3 Å². The van der Waals surface area contributed by atoms with Gasteiger partial charge in [0.1, 0.15) is 11.2 Å². The van der Waals surface area contributed by atoms with E-state index in [-0.39, 0.29) is 11.3 Å². The highest BCUT2D eigenvalue weighted by Gasteiger charge is 2.50. The average molecular weight is 840 g/mol. The van der Waals surface area contributed by atoms with E-state index < -0.39 is 0 Å². The summed E-state index contributed by atoms with van der Waals surface area (Å²) in [6.07, 6.45) is 25.5. The molecule has 4 heteroatoms. The lowest BCUT2D eigenvalue weighted by Crippen LogP contribution is -2.35. The van der Waals surface area contributed by atoms with Gasteiger partial charge >= 0.3 is 0 Å². The maximum Gasteiger partial charge on any atom is 0.172 e. The van der Waals surface area contributed by atoms with Crippen LogP contribution in [0.3, 0.4) is 0 Å². The van der Waals surface area contributed by atoms with E-state index in [0.717, 1.165) is 88.0 Å². The zero-order valence-electron chi connectivity index (χ0n) is 35.9. The van der Waals surface area contributed by atoms with Crippen molar-refractivity contribution in [3.8, 4) is 45.3 Å². The van der Waals surface area contributed by atoms with Crippen LogP contribution in [0.4, 0.5) is 11.4 Å². The van der Waals surface area contributed by atoms with Gasteiger partial charge in [-0.05, 0) is 149 Å². The number of fused-ring (bicyclic) bond motifs is 8. The van der Waals surface area contributed by atoms with Crippen LogP contribution in [0.2, 0.25) is 0 Å². The van der Waals surface area contributed by atoms with Gasteiger partial charge in [-0.15, -0.1) is 0 Å². The first-order valence-corrected chi connectivity index (χ1v) is 22.9. The van der Waals surface area contributed by atoms with Crippen molar-refractivity contribution in [2.24, 2.45) is 5.92 Å². The first kappa shape index (κ1) is 37.7. The predicted octanol–water partition coefficient (Wildman–Crippen LogP) is 16.6. The third-order valence-corrected chi connectivity index (χ3v) is 14.2. The fraction of sp³-hybridized carbons (Fsp3) is 0.115. The maximum absolute atomic E-state index is 6.95. The first-order valence-electron chi connectivity index (χ1n) is 22.9. The van der Waals surface area contributed by atoms with Crippen LogP contribution in [-0.2, 0) is 5.41 Å². The van der Waals surface area contributed by atoms with Crippen molar-refractivity contribution in [1.82, 2.24) is 0 Å². The minimum absolute atomic E-state index is 0.228. The van der Waals surface area contributed by atoms with Crippen LogP contribution >= 0.6 is 0 Å². The molecule has 5 aliphatic rings. The molecule has 13 rings (SSSR count). The Morgan fingerprint density at radius 1 is 0.492 bits per heavy atom. The van der Waals surface area contributed by atoms with Crippen LogP contribution in [-0.4, -0.2) is 0 Å². The van der Waals surface area contributed by atoms with Crippen LogP contribution < -0.4 is 14.4 Å². The van der Waals surface area contributed by atoms with Gasteiger partial charge in [0.15, 0.2) is 23.0 Å². The summed E-state index contributed by atoms with van der Waals surface area (Å²) in [5.74, 6) is 3.10. The number of ether oxygens (including phenoxy) is 2. The number of furan rings is 1. The normalized spacial score (nSPS) is 19.0. The quantitative estimate of drug-likeness (QED) is 0.160. The SMILES string of the molecule is C1=CCCC(C2=CC=C(N(c3ccc(-c4ccc5oc6ccccc6c5c4)cc3)c3ccc4c(c3)Oc3cc5c(cc3O4)C(c3ccccc3)(C3C=CC=CC3)c3ccccc3-5)CC2)=C1. The van der Waals surface area contributed by atoms with E-state index in [1.165, 1.54) is 44.7 Å². The van der Waals surface area contributed by atoms with Gasteiger partial charge in [-0.2, -0.15) is 0 Å². The molecule has 0 saturated carbocycles. The predicted molar refractivity (Wildman–Crippen MR) is 264 cm³/mol. The molecular formula is C61H45NO3. The molecule has 312 valence electrons. The van der Waals surface area contributed by atoms with E-state index in [1.54, 1.807) is 0 Å². The van der Waals surface area contributed by atoms with Gasteiger partial charge in [-0.25, -0.2) is 0 Å². The van der Waals surface area contributed by atoms with Crippen molar-refractivity contribution in [1.29, 1.82) is 0 Å². The number of hydrogen-bond acceptors (Lipinski definition) is 4. The molecule has 4 nitrogen and oxygen atoms in total. The maximum atomic E-state index is 6.95. The fourth-order valence-electron chi connectivity index (χ4n) is 11.2. The van der Waals surface area contributed by atoms with Gasteiger partial charge in [-0.3, -0.25) is 0 Å². The molecule has 0 bridgehead atoms. The van der Waals surface area contributed by atoms with Gasteiger partial charge in [0.2, 0.25) is 0 Å². The Morgan fingerprint density at radius 3 is 2.11 bits per heavy atom. The molecule has 0 amide bonds. The van der Waals surface area contributed by atoms with E-state index in [0.29, 0.717) is 11.5 Å². The van der Waals surface area contributed by atoms with E-state index in [1.807, 2.05) is 12.1 Å². The Morgan fingerprint density at radius 2 is 1.26 bits per heavy atom. The topological polar surface area (TPSA) is 34.8 Å². The van der Waals surface area contributed by atoms with Gasteiger partial charge < -0.3 is 18.8 Å². The van der Waals surface area contributed by atoms with Crippen LogP contribution in [0.15, 0.2) is 228 Å². The van der Waals surface area contributed by atoms with Gasteiger partial charge in [-0.1, -0.05) is 140 Å². The van der Waals surface area contributed by atoms with Crippen molar-refractivity contribution in [3.63, 3.8) is 0 Å². The largest absolute Gasteiger partial charge is 0.456 e. The third kappa shape index (κ3) is 6.12. The Hall–Kier alpha value is -7.82. The highest BCUT2D eigenvalue weighted by Crippen LogP contribution is 2.61. The van der Waals surface area contributed by atoms with Crippen LogP contribution in [0.5, 0.6) is 23.0 Å². The van der Waals surface area contributed by atoms with Crippen molar-refractivity contribution in [2.45, 2.75) is 37.5 Å². The highest BCUT2D eigenvalue weighted by molar-refractivity contribution is 6.06. The van der Waals surface area contributed by atoms with Crippen LogP contribution in [0.25, 0.3) is 44.2 Å². The Bertz CT molecular complexity index is 3410. The lowest BCUT2D eigenvalue weighted by Gasteiger charge is -2.40. The van der Waals surface area contributed by atoms with Crippen LogP contribution in [0.1, 0.15) is 48.8 Å². The van der Waals surface area contributed by atoms with Crippen LogP contribution in [0, 0.1) is 5.92 Å². The standard InChI is InChI=1S/C61H45NO3/c1-4-14-40(15-5-1)41-24-29-46(30-25-41)62(47-31-26-42(27-32-47)43-28-34-56-52(36-43)50-21-11-13-23-55(50)63-56)48-33-35-57-58(37-48)65-59-38-51-49-20-10-12-22-53(49)61(44-16-6-2-7-17-44,45-18-8-3-9-19-45)54(51)39-60(59)64-57/h1-4,6-14,16-18,20-24,26-29,31-39,45H,5,15,19,25,30H2. The lowest BCUT2D eigenvalue weighted by molar-refractivity contribution is 0.358. The molecule has 65 heavy (non-hydrogen) atoms. The minimum Gasteiger partial charge on any atom is -0.456 e. The third-order valence-electron chi connectivity index (χ3n) is 14.2. The Balaban J connectivity index is 0.887. The molecule has 0 spiro atoms. The van der Waals surface area contributed by atoms with E-state index in [4.69, 9.17) is 13.9 Å². The molecule has 1 aliphatic heterocycles. The first-order chi connectivity index (χ1) is 32.2. The number of rotatable bonds is 7. The van der Waals surface area contributed by atoms with Crippen molar-refractivity contribution < 1.29 is 13.9 Å². The molecule has 2 atom stereocenters. The molecule has 7 aromatic carbocycles. The summed E-state index contributed by atoms with van der Waals surface area (Å²) in [6, 6.07) is 54.5.